The molecule has 0 radical (unpaired) electrons. The van der Waals surface area contributed by atoms with Crippen molar-refractivity contribution in [1.82, 2.24) is 5.32 Å². The quantitative estimate of drug-likeness (QED) is 0.766. The first kappa shape index (κ1) is 13.0. The molecule has 1 aromatic rings. The number of phenols is 1. The van der Waals surface area contributed by atoms with Gasteiger partial charge in [-0.3, -0.25) is 9.59 Å². The molecule has 0 unspecified atom stereocenters. The van der Waals surface area contributed by atoms with Crippen LogP contribution in [0.5, 0.6) is 5.75 Å². The Balaban J connectivity index is 2.55. The zero-order valence-electron chi connectivity index (χ0n) is 9.82. The van der Waals surface area contributed by atoms with Gasteiger partial charge in [-0.1, -0.05) is 6.07 Å². The van der Waals surface area contributed by atoms with E-state index in [1.807, 2.05) is 6.92 Å². The Hall–Kier alpha value is -2.04. The third-order valence-corrected chi connectivity index (χ3v) is 2.24. The summed E-state index contributed by atoms with van der Waals surface area (Å²) in [4.78, 5) is 22.4. The number of aromatic hydroxyl groups is 1. The number of carbonyl (C=O) groups is 2. The van der Waals surface area contributed by atoms with Gasteiger partial charge in [0.05, 0.1) is 19.1 Å². The molecule has 0 aliphatic heterocycles. The monoisotopic (exact) mass is 237 g/mol. The molecule has 2 N–H and O–H groups in total. The second kappa shape index (κ2) is 5.89. The number of amides is 1. The van der Waals surface area contributed by atoms with E-state index in [1.54, 1.807) is 6.07 Å². The maximum absolute atomic E-state index is 11.6. The zero-order valence-corrected chi connectivity index (χ0v) is 9.82. The topological polar surface area (TPSA) is 75.6 Å². The molecule has 5 nitrogen and oxygen atoms in total. The number of ether oxygens (including phenoxy) is 1. The fraction of sp³-hybridized carbons (Fsp3) is 0.333. The van der Waals surface area contributed by atoms with Crippen LogP contribution in [0.25, 0.3) is 0 Å². The fourth-order valence-corrected chi connectivity index (χ4v) is 1.31. The summed E-state index contributed by atoms with van der Waals surface area (Å²) in [7, 11) is 1.29. The lowest BCUT2D eigenvalue weighted by molar-refractivity contribution is -0.140. The summed E-state index contributed by atoms with van der Waals surface area (Å²) in [6.07, 6.45) is 0.106. The number of hydrogen-bond donors (Lipinski definition) is 2. The highest BCUT2D eigenvalue weighted by Crippen LogP contribution is 2.17. The molecule has 1 aromatic carbocycles. The van der Waals surface area contributed by atoms with Gasteiger partial charge in [-0.05, 0) is 24.6 Å². The van der Waals surface area contributed by atoms with E-state index in [1.165, 1.54) is 19.2 Å². The Bertz CT molecular complexity index is 429. The minimum Gasteiger partial charge on any atom is -0.507 e. The smallest absolute Gasteiger partial charge is 0.307 e. The Morgan fingerprint density at radius 3 is 2.71 bits per heavy atom. The molecular weight excluding hydrogens is 222 g/mol. The van der Waals surface area contributed by atoms with Crippen molar-refractivity contribution in [2.45, 2.75) is 13.3 Å². The van der Waals surface area contributed by atoms with Crippen LogP contribution in [-0.4, -0.2) is 30.6 Å². The van der Waals surface area contributed by atoms with E-state index in [9.17, 15) is 14.7 Å². The summed E-state index contributed by atoms with van der Waals surface area (Å²) >= 11 is 0. The largest absolute Gasteiger partial charge is 0.507 e. The molecule has 0 aromatic heterocycles. The van der Waals surface area contributed by atoms with E-state index >= 15 is 0 Å². The summed E-state index contributed by atoms with van der Waals surface area (Å²) in [6, 6.07) is 4.78. The average Bonchev–Trinajstić information content (AvgIpc) is 2.28. The Labute approximate surface area is 99.4 Å². The number of aryl methyl sites for hydroxylation is 1. The van der Waals surface area contributed by atoms with Crippen LogP contribution in [0.1, 0.15) is 22.3 Å². The lowest BCUT2D eigenvalue weighted by atomic mass is 10.1. The van der Waals surface area contributed by atoms with E-state index < -0.39 is 11.9 Å². The molecule has 0 aliphatic carbocycles. The average molecular weight is 237 g/mol. The van der Waals surface area contributed by atoms with Gasteiger partial charge < -0.3 is 15.2 Å². The maximum Gasteiger partial charge on any atom is 0.307 e. The van der Waals surface area contributed by atoms with Gasteiger partial charge in [0.25, 0.3) is 5.91 Å². The summed E-state index contributed by atoms with van der Waals surface area (Å²) in [5.74, 6) is -0.870. The maximum atomic E-state index is 11.6. The number of phenolic OH excluding ortho intramolecular Hbond substituents is 1. The van der Waals surface area contributed by atoms with Crippen LogP contribution in [0.15, 0.2) is 18.2 Å². The molecule has 0 saturated heterocycles. The molecule has 5 heteroatoms. The van der Waals surface area contributed by atoms with Gasteiger partial charge in [0.2, 0.25) is 0 Å². The molecule has 0 aliphatic rings. The molecule has 0 heterocycles. The molecule has 0 spiro atoms. The highest BCUT2D eigenvalue weighted by molar-refractivity contribution is 5.97. The highest BCUT2D eigenvalue weighted by Gasteiger charge is 2.11. The van der Waals surface area contributed by atoms with Crippen LogP contribution < -0.4 is 5.32 Å². The first-order valence-electron chi connectivity index (χ1n) is 5.19. The number of rotatable bonds is 4. The molecular formula is C12H15NO4. The SMILES string of the molecule is COC(=O)CCNC(=O)c1ccc(C)cc1O. The molecule has 0 fully saturated rings. The summed E-state index contributed by atoms with van der Waals surface area (Å²) in [5.41, 5.74) is 1.06. The first-order chi connectivity index (χ1) is 8.04. The third kappa shape index (κ3) is 3.79. The molecule has 17 heavy (non-hydrogen) atoms. The third-order valence-electron chi connectivity index (χ3n) is 2.24. The van der Waals surface area contributed by atoms with E-state index in [0.717, 1.165) is 5.56 Å². The molecule has 1 amide bonds. The number of carbonyl (C=O) groups excluding carboxylic acids is 2. The first-order valence-corrected chi connectivity index (χ1v) is 5.19. The minimum atomic E-state index is -0.411. The Morgan fingerprint density at radius 1 is 1.41 bits per heavy atom. The van der Waals surface area contributed by atoms with Crippen LogP contribution in [0, 0.1) is 6.92 Å². The normalized spacial score (nSPS) is 9.76. The lowest BCUT2D eigenvalue weighted by Gasteiger charge is -2.06. The van der Waals surface area contributed by atoms with Crippen molar-refractivity contribution in [3.05, 3.63) is 29.3 Å². The van der Waals surface area contributed by atoms with Crippen LogP contribution in [0.4, 0.5) is 0 Å². The predicted molar refractivity (Wildman–Crippen MR) is 61.8 cm³/mol. The van der Waals surface area contributed by atoms with Crippen molar-refractivity contribution < 1.29 is 19.4 Å². The molecule has 0 atom stereocenters. The summed E-state index contributed by atoms with van der Waals surface area (Å²) < 4.78 is 4.44. The van der Waals surface area contributed by atoms with E-state index in [-0.39, 0.29) is 24.3 Å². The van der Waals surface area contributed by atoms with Crippen LogP contribution in [0.2, 0.25) is 0 Å². The minimum absolute atomic E-state index is 0.0689. The fourth-order valence-electron chi connectivity index (χ4n) is 1.31. The van der Waals surface area contributed by atoms with Crippen molar-refractivity contribution in [1.29, 1.82) is 0 Å². The summed E-state index contributed by atoms with van der Waals surface area (Å²) in [5, 5.41) is 12.1. The van der Waals surface area contributed by atoms with E-state index in [0.29, 0.717) is 0 Å². The highest BCUT2D eigenvalue weighted by atomic mass is 16.5. The van der Waals surface area contributed by atoms with Crippen molar-refractivity contribution in [3.63, 3.8) is 0 Å². The van der Waals surface area contributed by atoms with Gasteiger partial charge in [0.1, 0.15) is 5.75 Å². The van der Waals surface area contributed by atoms with E-state index in [2.05, 4.69) is 10.1 Å². The summed E-state index contributed by atoms with van der Waals surface area (Å²) in [6.45, 7) is 2.00. The molecule has 92 valence electrons. The van der Waals surface area contributed by atoms with Gasteiger partial charge >= 0.3 is 5.97 Å². The van der Waals surface area contributed by atoms with Crippen LogP contribution >= 0.6 is 0 Å². The van der Waals surface area contributed by atoms with E-state index in [4.69, 9.17) is 0 Å². The standard InChI is InChI=1S/C12H15NO4/c1-8-3-4-9(10(14)7-8)12(16)13-6-5-11(15)17-2/h3-4,7,14H,5-6H2,1-2H3,(H,13,16). The number of nitrogens with one attached hydrogen (secondary N) is 1. The van der Waals surface area contributed by atoms with Gasteiger partial charge in [0, 0.05) is 6.54 Å². The van der Waals surface area contributed by atoms with Gasteiger partial charge in [0.15, 0.2) is 0 Å². The van der Waals surface area contributed by atoms with Crippen molar-refractivity contribution in [2.75, 3.05) is 13.7 Å². The number of esters is 1. The number of methoxy groups -OCH3 is 1. The second-order valence-corrected chi connectivity index (χ2v) is 3.60. The van der Waals surface area contributed by atoms with Crippen molar-refractivity contribution in [2.24, 2.45) is 0 Å². The van der Waals surface area contributed by atoms with Gasteiger partial charge in [-0.15, -0.1) is 0 Å². The molecule has 0 saturated carbocycles. The van der Waals surface area contributed by atoms with Gasteiger partial charge in [-0.2, -0.15) is 0 Å². The zero-order chi connectivity index (χ0) is 12.8. The lowest BCUT2D eigenvalue weighted by Crippen LogP contribution is -2.26. The Kier molecular flexibility index (Phi) is 4.51. The number of benzene rings is 1. The van der Waals surface area contributed by atoms with Crippen molar-refractivity contribution in [3.8, 4) is 5.75 Å². The second-order valence-electron chi connectivity index (χ2n) is 3.60. The predicted octanol–water partition coefficient (Wildman–Crippen LogP) is 0.994. The number of hydrogen-bond acceptors (Lipinski definition) is 4. The van der Waals surface area contributed by atoms with Crippen molar-refractivity contribution >= 4 is 11.9 Å². The Morgan fingerprint density at radius 2 is 2.12 bits per heavy atom. The van der Waals surface area contributed by atoms with Gasteiger partial charge in [-0.25, -0.2) is 0 Å². The van der Waals surface area contributed by atoms with Crippen LogP contribution in [0.3, 0.4) is 0 Å². The van der Waals surface area contributed by atoms with Crippen LogP contribution in [-0.2, 0) is 9.53 Å². The molecule has 0 bridgehead atoms. The molecule has 1 rings (SSSR count).